The van der Waals surface area contributed by atoms with Crippen LogP contribution in [0, 0.1) is 0 Å². The first-order valence-corrected chi connectivity index (χ1v) is 6.55. The molecule has 4 nitrogen and oxygen atoms in total. The molecule has 0 saturated heterocycles. The largest absolute Gasteiger partial charge is 0.416 e. The van der Waals surface area contributed by atoms with E-state index in [0.29, 0.717) is 0 Å². The van der Waals surface area contributed by atoms with Gasteiger partial charge in [0.05, 0.1) is 5.56 Å². The summed E-state index contributed by atoms with van der Waals surface area (Å²) in [6, 6.07) is 2.96. The second kappa shape index (κ2) is 7.00. The summed E-state index contributed by atoms with van der Waals surface area (Å²) in [7, 11) is 0. The molecule has 0 heterocycles. The fourth-order valence-electron chi connectivity index (χ4n) is 1.33. The van der Waals surface area contributed by atoms with Crippen LogP contribution in [0.3, 0.4) is 0 Å². The smallest absolute Gasteiger partial charge is 0.342 e. The van der Waals surface area contributed by atoms with Crippen LogP contribution in [0.1, 0.15) is 12.5 Å². The maximum atomic E-state index is 12.4. The number of hydrogen-bond donors (Lipinski definition) is 2. The summed E-state index contributed by atoms with van der Waals surface area (Å²) in [6.45, 7) is 1.38. The van der Waals surface area contributed by atoms with Gasteiger partial charge in [-0.05, 0) is 31.2 Å². The average molecular weight is 343 g/mol. The minimum absolute atomic E-state index is 0.169. The van der Waals surface area contributed by atoms with Crippen LogP contribution in [0.5, 0.6) is 0 Å². The number of benzene rings is 1. The second-order valence-corrected chi connectivity index (χ2v) is 5.19. The van der Waals surface area contributed by atoms with Gasteiger partial charge in [-0.1, -0.05) is 23.2 Å². The third kappa shape index (κ3) is 5.43. The van der Waals surface area contributed by atoms with E-state index < -0.39 is 34.4 Å². The summed E-state index contributed by atoms with van der Waals surface area (Å²) in [6.07, 6.45) is -4.44. The van der Waals surface area contributed by atoms with Crippen molar-refractivity contribution < 1.29 is 22.8 Å². The summed E-state index contributed by atoms with van der Waals surface area (Å²) in [4.78, 5) is 21.6. The number of amides is 2. The van der Waals surface area contributed by atoms with Crippen molar-refractivity contribution in [1.29, 1.82) is 0 Å². The van der Waals surface area contributed by atoms with Crippen LogP contribution < -0.4 is 10.6 Å². The van der Waals surface area contributed by atoms with E-state index in [1.807, 2.05) is 0 Å². The van der Waals surface area contributed by atoms with Crippen molar-refractivity contribution >= 4 is 40.7 Å². The molecule has 1 unspecified atom stereocenters. The third-order valence-electron chi connectivity index (χ3n) is 2.43. The predicted octanol–water partition coefficient (Wildman–Crippen LogP) is 2.95. The highest BCUT2D eigenvalue weighted by atomic mass is 35.5. The highest BCUT2D eigenvalue weighted by Crippen LogP contribution is 2.29. The minimum Gasteiger partial charge on any atom is -0.342 e. The van der Waals surface area contributed by atoms with Crippen LogP contribution >= 0.6 is 23.2 Å². The number of hydrogen-bond acceptors (Lipinski definition) is 2. The Morgan fingerprint density at radius 1 is 1.10 bits per heavy atom. The molecule has 1 aromatic rings. The SMILES string of the molecule is CC(NC(=O)C(Cl)Cl)C(=O)Nc1ccc(C(F)(F)F)cc1. The summed E-state index contributed by atoms with van der Waals surface area (Å²) < 4.78 is 37.1. The molecular formula is C12H11Cl2F3N2O2. The van der Waals surface area contributed by atoms with Crippen molar-refractivity contribution in [2.75, 3.05) is 5.32 Å². The normalized spacial score (nSPS) is 12.9. The lowest BCUT2D eigenvalue weighted by molar-refractivity contribution is -0.137. The van der Waals surface area contributed by atoms with Crippen molar-refractivity contribution in [3.63, 3.8) is 0 Å². The molecule has 1 aromatic carbocycles. The van der Waals surface area contributed by atoms with E-state index in [-0.39, 0.29) is 5.69 Å². The Bertz CT molecular complexity index is 518. The molecule has 0 saturated carbocycles. The van der Waals surface area contributed by atoms with Gasteiger partial charge >= 0.3 is 6.18 Å². The van der Waals surface area contributed by atoms with Gasteiger partial charge in [0, 0.05) is 5.69 Å². The van der Waals surface area contributed by atoms with Gasteiger partial charge < -0.3 is 10.6 Å². The monoisotopic (exact) mass is 342 g/mol. The van der Waals surface area contributed by atoms with Gasteiger partial charge in [-0.3, -0.25) is 9.59 Å². The number of rotatable bonds is 4. The lowest BCUT2D eigenvalue weighted by atomic mass is 10.2. The molecule has 9 heteroatoms. The molecule has 0 spiro atoms. The topological polar surface area (TPSA) is 58.2 Å². The molecule has 1 atom stereocenters. The van der Waals surface area contributed by atoms with Gasteiger partial charge in [0.25, 0.3) is 5.91 Å². The van der Waals surface area contributed by atoms with Crippen molar-refractivity contribution in [3.8, 4) is 0 Å². The molecule has 0 radical (unpaired) electrons. The summed E-state index contributed by atoms with van der Waals surface area (Å²) in [5.41, 5.74) is -0.656. The van der Waals surface area contributed by atoms with Crippen LogP contribution in [0.2, 0.25) is 0 Å². The minimum atomic E-state index is -4.44. The zero-order valence-corrected chi connectivity index (χ0v) is 12.2. The Morgan fingerprint density at radius 3 is 2.05 bits per heavy atom. The Labute approximate surface area is 128 Å². The van der Waals surface area contributed by atoms with E-state index in [1.54, 1.807) is 0 Å². The fourth-order valence-corrected chi connectivity index (χ4v) is 1.46. The molecule has 0 aromatic heterocycles. The lowest BCUT2D eigenvalue weighted by Gasteiger charge is -2.15. The third-order valence-corrected chi connectivity index (χ3v) is 2.83. The number of carbonyl (C=O) groups excluding carboxylic acids is 2. The zero-order chi connectivity index (χ0) is 16.2. The van der Waals surface area contributed by atoms with Crippen LogP contribution in [0.25, 0.3) is 0 Å². The van der Waals surface area contributed by atoms with Gasteiger partial charge in [-0.15, -0.1) is 0 Å². The quantitative estimate of drug-likeness (QED) is 0.826. The first-order valence-electron chi connectivity index (χ1n) is 5.68. The fraction of sp³-hybridized carbons (Fsp3) is 0.333. The maximum absolute atomic E-state index is 12.4. The number of anilines is 1. The molecular weight excluding hydrogens is 332 g/mol. The maximum Gasteiger partial charge on any atom is 0.416 e. The Hall–Kier alpha value is -1.47. The number of alkyl halides is 5. The van der Waals surface area contributed by atoms with Crippen molar-refractivity contribution in [2.45, 2.75) is 24.0 Å². The highest BCUT2D eigenvalue weighted by Gasteiger charge is 2.30. The van der Waals surface area contributed by atoms with Crippen LogP contribution in [0.4, 0.5) is 18.9 Å². The van der Waals surface area contributed by atoms with E-state index in [2.05, 4.69) is 10.6 Å². The summed E-state index contributed by atoms with van der Waals surface area (Å²) in [5.74, 6) is -1.36. The standard InChI is InChI=1S/C12H11Cl2F3N2O2/c1-6(18-11(21)9(13)14)10(20)19-8-4-2-7(3-5-8)12(15,16)17/h2-6,9H,1H3,(H,18,21)(H,19,20). The second-order valence-electron chi connectivity index (χ2n) is 4.10. The van der Waals surface area contributed by atoms with Gasteiger partial charge in [0.1, 0.15) is 6.04 Å². The van der Waals surface area contributed by atoms with Crippen molar-refractivity contribution in [2.24, 2.45) is 0 Å². The Kier molecular flexibility index (Phi) is 5.86. The summed E-state index contributed by atoms with van der Waals surface area (Å²) >= 11 is 10.6. The van der Waals surface area contributed by atoms with Gasteiger partial charge in [0.2, 0.25) is 5.91 Å². The summed E-state index contributed by atoms with van der Waals surface area (Å²) in [5, 5.41) is 4.60. The molecule has 21 heavy (non-hydrogen) atoms. The molecule has 0 aliphatic heterocycles. The number of nitrogens with one attached hydrogen (secondary N) is 2. The molecule has 0 aliphatic rings. The molecule has 0 aliphatic carbocycles. The molecule has 2 N–H and O–H groups in total. The molecule has 0 bridgehead atoms. The van der Waals surface area contributed by atoms with Crippen LogP contribution in [-0.4, -0.2) is 22.7 Å². The van der Waals surface area contributed by atoms with E-state index in [1.165, 1.54) is 6.92 Å². The van der Waals surface area contributed by atoms with Crippen molar-refractivity contribution in [3.05, 3.63) is 29.8 Å². The Balaban J connectivity index is 2.64. The first-order chi connectivity index (χ1) is 9.61. The first kappa shape index (κ1) is 17.6. The number of carbonyl (C=O) groups is 2. The lowest BCUT2D eigenvalue weighted by Crippen LogP contribution is -2.43. The van der Waals surface area contributed by atoms with Gasteiger partial charge in [0.15, 0.2) is 4.84 Å². The molecule has 116 valence electrons. The number of halogens is 5. The molecule has 0 fully saturated rings. The molecule has 2 amide bonds. The van der Waals surface area contributed by atoms with E-state index >= 15 is 0 Å². The zero-order valence-electron chi connectivity index (χ0n) is 10.7. The van der Waals surface area contributed by atoms with Gasteiger partial charge in [-0.25, -0.2) is 0 Å². The van der Waals surface area contributed by atoms with Crippen LogP contribution in [-0.2, 0) is 15.8 Å². The van der Waals surface area contributed by atoms with Gasteiger partial charge in [-0.2, -0.15) is 13.2 Å². The van der Waals surface area contributed by atoms with Crippen LogP contribution in [0.15, 0.2) is 24.3 Å². The highest BCUT2D eigenvalue weighted by molar-refractivity contribution is 6.53. The molecule has 1 rings (SSSR count). The predicted molar refractivity (Wildman–Crippen MR) is 73.2 cm³/mol. The van der Waals surface area contributed by atoms with E-state index in [9.17, 15) is 22.8 Å². The average Bonchev–Trinajstić information content (AvgIpc) is 2.37. The van der Waals surface area contributed by atoms with E-state index in [4.69, 9.17) is 23.2 Å². The Morgan fingerprint density at radius 2 is 1.62 bits per heavy atom. The van der Waals surface area contributed by atoms with Crippen molar-refractivity contribution in [1.82, 2.24) is 5.32 Å². The van der Waals surface area contributed by atoms with E-state index in [0.717, 1.165) is 24.3 Å².